The molecule has 0 aliphatic rings. The maximum absolute atomic E-state index is 11.4. The van der Waals surface area contributed by atoms with E-state index in [1.807, 2.05) is 24.3 Å². The van der Waals surface area contributed by atoms with Crippen molar-refractivity contribution in [3.63, 3.8) is 0 Å². The minimum atomic E-state index is -0.374. The van der Waals surface area contributed by atoms with Gasteiger partial charge in [-0.15, -0.1) is 0 Å². The number of hydrogen-bond donors (Lipinski definition) is 0. The van der Waals surface area contributed by atoms with Gasteiger partial charge in [-0.05, 0) is 17.0 Å². The number of ether oxygens (including phenoxy) is 1. The van der Waals surface area contributed by atoms with Gasteiger partial charge in [0.1, 0.15) is 4.83 Å². The van der Waals surface area contributed by atoms with Crippen molar-refractivity contribution in [2.45, 2.75) is 24.6 Å². The fourth-order valence-electron chi connectivity index (χ4n) is 1.50. The average Bonchev–Trinajstić information content (AvgIpc) is 2.27. The fourth-order valence-corrected chi connectivity index (χ4v) is 2.10. The minimum Gasteiger partial charge on any atom is -0.468 e. The number of alkyl halides is 1. The Morgan fingerprint density at radius 2 is 1.80 bits per heavy atom. The van der Waals surface area contributed by atoms with E-state index in [4.69, 9.17) is 4.74 Å². The number of benzene rings is 1. The molecule has 0 saturated carbocycles. The average molecular weight is 271 g/mol. The lowest BCUT2D eigenvalue weighted by Crippen LogP contribution is -2.10. The van der Waals surface area contributed by atoms with Gasteiger partial charge in [0.05, 0.1) is 7.11 Å². The molecule has 1 unspecified atom stereocenters. The zero-order chi connectivity index (χ0) is 11.4. The second kappa shape index (κ2) is 5.31. The number of hydrogen-bond acceptors (Lipinski definition) is 2. The van der Waals surface area contributed by atoms with E-state index in [-0.39, 0.29) is 10.8 Å². The van der Waals surface area contributed by atoms with E-state index < -0.39 is 0 Å². The quantitative estimate of drug-likeness (QED) is 0.622. The largest absolute Gasteiger partial charge is 0.468 e. The van der Waals surface area contributed by atoms with Crippen LogP contribution in [0.5, 0.6) is 0 Å². The second-order valence-corrected chi connectivity index (χ2v) is 4.59. The van der Waals surface area contributed by atoms with Crippen LogP contribution in [-0.2, 0) is 9.53 Å². The predicted molar refractivity (Wildman–Crippen MR) is 64.2 cm³/mol. The van der Waals surface area contributed by atoms with Crippen LogP contribution in [-0.4, -0.2) is 13.1 Å². The monoisotopic (exact) mass is 270 g/mol. The van der Waals surface area contributed by atoms with E-state index in [0.717, 1.165) is 5.56 Å². The molecule has 82 valence electrons. The molecule has 0 aromatic heterocycles. The van der Waals surface area contributed by atoms with E-state index in [2.05, 4.69) is 29.8 Å². The maximum atomic E-state index is 11.4. The molecule has 0 bridgehead atoms. The number of halogens is 1. The lowest BCUT2D eigenvalue weighted by Gasteiger charge is -2.15. The Morgan fingerprint density at radius 1 is 1.27 bits per heavy atom. The van der Waals surface area contributed by atoms with E-state index in [9.17, 15) is 4.79 Å². The van der Waals surface area contributed by atoms with Crippen LogP contribution in [0.4, 0.5) is 0 Å². The van der Waals surface area contributed by atoms with Crippen LogP contribution < -0.4 is 0 Å². The SMILES string of the molecule is COC(=O)C(Br)c1ccccc1C(C)C. The van der Waals surface area contributed by atoms with E-state index >= 15 is 0 Å². The van der Waals surface area contributed by atoms with Crippen LogP contribution in [0.25, 0.3) is 0 Å². The van der Waals surface area contributed by atoms with Crippen LogP contribution in [0.1, 0.15) is 35.7 Å². The van der Waals surface area contributed by atoms with Gasteiger partial charge >= 0.3 is 5.97 Å². The van der Waals surface area contributed by atoms with Crippen molar-refractivity contribution < 1.29 is 9.53 Å². The summed E-state index contributed by atoms with van der Waals surface area (Å²) in [6, 6.07) is 7.90. The van der Waals surface area contributed by atoms with Crippen molar-refractivity contribution >= 4 is 21.9 Å². The van der Waals surface area contributed by atoms with Gasteiger partial charge < -0.3 is 4.74 Å². The standard InChI is InChI=1S/C12H15BrO2/c1-8(2)9-6-4-5-7-10(9)11(13)12(14)15-3/h4-8,11H,1-3H3. The van der Waals surface area contributed by atoms with Crippen LogP contribution in [0.2, 0.25) is 0 Å². The number of rotatable bonds is 3. The number of methoxy groups -OCH3 is 1. The second-order valence-electron chi connectivity index (χ2n) is 3.67. The van der Waals surface area contributed by atoms with Crippen LogP contribution in [0, 0.1) is 0 Å². The van der Waals surface area contributed by atoms with Crippen molar-refractivity contribution in [3.05, 3.63) is 35.4 Å². The van der Waals surface area contributed by atoms with Crippen LogP contribution in [0.15, 0.2) is 24.3 Å². The summed E-state index contributed by atoms with van der Waals surface area (Å²) in [5.41, 5.74) is 2.16. The zero-order valence-electron chi connectivity index (χ0n) is 9.16. The third-order valence-corrected chi connectivity index (χ3v) is 3.17. The normalized spacial score (nSPS) is 12.6. The lowest BCUT2D eigenvalue weighted by molar-refractivity contribution is -0.139. The minimum absolute atomic E-state index is 0.261. The molecular formula is C12H15BrO2. The van der Waals surface area contributed by atoms with Gasteiger partial charge in [0, 0.05) is 0 Å². The molecule has 1 atom stereocenters. The summed E-state index contributed by atoms with van der Waals surface area (Å²) in [6.07, 6.45) is 0. The van der Waals surface area contributed by atoms with E-state index in [1.54, 1.807) is 0 Å². The molecule has 0 spiro atoms. The molecule has 0 amide bonds. The summed E-state index contributed by atoms with van der Waals surface area (Å²) < 4.78 is 4.72. The van der Waals surface area contributed by atoms with Gasteiger partial charge in [-0.3, -0.25) is 4.79 Å². The number of esters is 1. The molecule has 0 aliphatic heterocycles. The molecule has 0 fully saturated rings. The third kappa shape index (κ3) is 2.81. The summed E-state index contributed by atoms with van der Waals surface area (Å²) >= 11 is 3.36. The molecule has 0 aliphatic carbocycles. The number of carbonyl (C=O) groups excluding carboxylic acids is 1. The van der Waals surface area contributed by atoms with Crippen molar-refractivity contribution in [2.75, 3.05) is 7.11 Å². The van der Waals surface area contributed by atoms with Crippen molar-refractivity contribution in [1.82, 2.24) is 0 Å². The van der Waals surface area contributed by atoms with Gasteiger partial charge in [-0.25, -0.2) is 0 Å². The Hall–Kier alpha value is -0.830. The predicted octanol–water partition coefficient (Wildman–Crippen LogP) is 3.42. The van der Waals surface area contributed by atoms with Crippen molar-refractivity contribution in [2.24, 2.45) is 0 Å². The molecule has 0 N–H and O–H groups in total. The Balaban J connectivity index is 3.07. The molecule has 0 saturated heterocycles. The Morgan fingerprint density at radius 3 is 2.27 bits per heavy atom. The molecule has 3 heteroatoms. The summed E-state index contributed by atoms with van der Waals surface area (Å²) in [5.74, 6) is 0.133. The molecule has 1 rings (SSSR count). The highest BCUT2D eigenvalue weighted by Crippen LogP contribution is 2.30. The summed E-state index contributed by atoms with van der Waals surface area (Å²) in [7, 11) is 1.40. The highest BCUT2D eigenvalue weighted by Gasteiger charge is 2.21. The molecule has 1 aromatic rings. The topological polar surface area (TPSA) is 26.3 Å². The molecule has 0 radical (unpaired) electrons. The van der Waals surface area contributed by atoms with E-state index in [0.29, 0.717) is 5.92 Å². The van der Waals surface area contributed by atoms with Gasteiger partial charge in [-0.2, -0.15) is 0 Å². The van der Waals surface area contributed by atoms with Gasteiger partial charge in [-0.1, -0.05) is 54.0 Å². The third-order valence-electron chi connectivity index (χ3n) is 2.30. The lowest BCUT2D eigenvalue weighted by atomic mass is 9.95. The Labute approximate surface area is 98.8 Å². The highest BCUT2D eigenvalue weighted by molar-refractivity contribution is 9.09. The molecular weight excluding hydrogens is 256 g/mol. The summed E-state index contributed by atoms with van der Waals surface area (Å²) in [4.78, 5) is 11.0. The van der Waals surface area contributed by atoms with Crippen LogP contribution in [0.3, 0.4) is 0 Å². The smallest absolute Gasteiger partial charge is 0.324 e. The maximum Gasteiger partial charge on any atom is 0.324 e. The van der Waals surface area contributed by atoms with Crippen molar-refractivity contribution in [1.29, 1.82) is 0 Å². The first-order chi connectivity index (χ1) is 7.07. The summed E-state index contributed by atoms with van der Waals surface area (Å²) in [5, 5.41) is 0. The summed E-state index contributed by atoms with van der Waals surface area (Å²) in [6.45, 7) is 4.21. The van der Waals surface area contributed by atoms with Gasteiger partial charge in [0.25, 0.3) is 0 Å². The first-order valence-electron chi connectivity index (χ1n) is 4.88. The molecule has 2 nitrogen and oxygen atoms in total. The Kier molecular flexibility index (Phi) is 4.33. The fraction of sp³-hybridized carbons (Fsp3) is 0.417. The Bertz CT molecular complexity index is 347. The van der Waals surface area contributed by atoms with Crippen molar-refractivity contribution in [3.8, 4) is 0 Å². The molecule has 15 heavy (non-hydrogen) atoms. The van der Waals surface area contributed by atoms with E-state index in [1.165, 1.54) is 12.7 Å². The zero-order valence-corrected chi connectivity index (χ0v) is 10.7. The molecule has 0 heterocycles. The number of carbonyl (C=O) groups is 1. The van der Waals surface area contributed by atoms with Gasteiger partial charge in [0.15, 0.2) is 0 Å². The van der Waals surface area contributed by atoms with Gasteiger partial charge in [0.2, 0.25) is 0 Å². The van der Waals surface area contributed by atoms with Crippen LogP contribution >= 0.6 is 15.9 Å². The first kappa shape index (κ1) is 12.2. The highest BCUT2D eigenvalue weighted by atomic mass is 79.9. The first-order valence-corrected chi connectivity index (χ1v) is 5.80. The molecule has 1 aromatic carbocycles.